The standard InChI is InChI=1S/C16H17ClNO6P/c17-15-12-3-1-2-8-18(10-4-6-11(19)7-5-10)13(12)9-14(16(15)20)24-25(21,22)23/h4-7,9,19-20H,1-3,8H2,(H2,21,22,23). The van der Waals surface area contributed by atoms with Gasteiger partial charge in [0, 0.05) is 24.0 Å². The summed E-state index contributed by atoms with van der Waals surface area (Å²) >= 11 is 6.25. The van der Waals surface area contributed by atoms with E-state index >= 15 is 0 Å². The Morgan fingerprint density at radius 3 is 2.44 bits per heavy atom. The van der Waals surface area contributed by atoms with Gasteiger partial charge in [-0.2, -0.15) is 0 Å². The minimum atomic E-state index is -4.85. The fraction of sp³-hybridized carbons (Fsp3) is 0.250. The molecule has 0 bridgehead atoms. The number of halogens is 1. The van der Waals surface area contributed by atoms with E-state index in [1.165, 1.54) is 6.07 Å². The number of nitrogens with zero attached hydrogens (tertiary/aromatic N) is 1. The smallest absolute Gasteiger partial charge is 0.508 e. The van der Waals surface area contributed by atoms with Crippen LogP contribution in [0.25, 0.3) is 0 Å². The molecule has 9 heteroatoms. The van der Waals surface area contributed by atoms with Gasteiger partial charge < -0.3 is 19.6 Å². The molecule has 0 radical (unpaired) electrons. The summed E-state index contributed by atoms with van der Waals surface area (Å²) in [5.41, 5.74) is 2.07. The topological polar surface area (TPSA) is 110 Å². The quantitative estimate of drug-likeness (QED) is 0.596. The third-order valence-corrected chi connectivity index (χ3v) is 4.85. The van der Waals surface area contributed by atoms with Crippen LogP contribution in [0.4, 0.5) is 11.4 Å². The molecule has 0 aliphatic carbocycles. The normalized spacial score (nSPS) is 14.8. The molecule has 4 N–H and O–H groups in total. The second kappa shape index (κ2) is 6.77. The maximum Gasteiger partial charge on any atom is 0.524 e. The molecule has 2 aromatic rings. The molecule has 0 fully saturated rings. The molecular formula is C16H17ClNO6P. The maximum absolute atomic E-state index is 11.2. The van der Waals surface area contributed by atoms with E-state index in [9.17, 15) is 14.8 Å². The number of phenols is 2. The summed E-state index contributed by atoms with van der Waals surface area (Å²) in [6, 6.07) is 7.95. The Bertz CT molecular complexity index is 836. The number of rotatable bonds is 3. The Morgan fingerprint density at radius 1 is 1.12 bits per heavy atom. The van der Waals surface area contributed by atoms with Gasteiger partial charge in [-0.05, 0) is 49.1 Å². The van der Waals surface area contributed by atoms with Crippen LogP contribution in [-0.4, -0.2) is 26.5 Å². The number of phosphoric ester groups is 1. The summed E-state index contributed by atoms with van der Waals surface area (Å²) in [6.07, 6.45) is 2.33. The van der Waals surface area contributed by atoms with Gasteiger partial charge in [0.15, 0.2) is 11.5 Å². The number of fused-ring (bicyclic) bond motifs is 1. The van der Waals surface area contributed by atoms with Crippen LogP contribution in [0, 0.1) is 0 Å². The molecule has 1 aliphatic rings. The molecule has 2 aromatic carbocycles. The van der Waals surface area contributed by atoms with Gasteiger partial charge in [0.05, 0.1) is 5.02 Å². The minimum Gasteiger partial charge on any atom is -0.508 e. The van der Waals surface area contributed by atoms with Crippen LogP contribution in [-0.2, 0) is 11.0 Å². The molecule has 3 rings (SSSR count). The predicted molar refractivity (Wildman–Crippen MR) is 93.8 cm³/mol. The van der Waals surface area contributed by atoms with E-state index in [1.807, 2.05) is 4.90 Å². The zero-order valence-corrected chi connectivity index (χ0v) is 14.7. The van der Waals surface area contributed by atoms with E-state index in [-0.39, 0.29) is 16.5 Å². The molecule has 1 heterocycles. The van der Waals surface area contributed by atoms with Crippen LogP contribution in [0.5, 0.6) is 17.2 Å². The number of anilines is 2. The summed E-state index contributed by atoms with van der Waals surface area (Å²) in [5.74, 6) is -0.730. The summed E-state index contributed by atoms with van der Waals surface area (Å²) < 4.78 is 15.8. The lowest BCUT2D eigenvalue weighted by molar-refractivity contribution is 0.278. The summed E-state index contributed by atoms with van der Waals surface area (Å²) in [5, 5.41) is 19.6. The van der Waals surface area contributed by atoms with Crippen LogP contribution in [0.2, 0.25) is 5.02 Å². The van der Waals surface area contributed by atoms with Gasteiger partial charge in [0.1, 0.15) is 5.75 Å². The average Bonchev–Trinajstić information content (AvgIpc) is 2.74. The lowest BCUT2D eigenvalue weighted by Crippen LogP contribution is -2.18. The second-order valence-corrected chi connectivity index (χ2v) is 7.28. The SMILES string of the molecule is O=P(O)(O)Oc1cc2c(c(Cl)c1O)CCCCN2c1ccc(O)cc1. The summed E-state index contributed by atoms with van der Waals surface area (Å²) in [7, 11) is -4.85. The Morgan fingerprint density at radius 2 is 1.80 bits per heavy atom. The maximum atomic E-state index is 11.2. The van der Waals surface area contributed by atoms with Gasteiger partial charge in [0.2, 0.25) is 0 Å². The van der Waals surface area contributed by atoms with E-state index in [0.717, 1.165) is 18.5 Å². The number of phosphoric acid groups is 1. The molecule has 134 valence electrons. The van der Waals surface area contributed by atoms with Crippen LogP contribution >= 0.6 is 19.4 Å². The van der Waals surface area contributed by atoms with E-state index in [1.54, 1.807) is 24.3 Å². The van der Waals surface area contributed by atoms with E-state index in [2.05, 4.69) is 4.52 Å². The molecule has 25 heavy (non-hydrogen) atoms. The molecule has 0 spiro atoms. The highest BCUT2D eigenvalue weighted by molar-refractivity contribution is 7.46. The van der Waals surface area contributed by atoms with Crippen molar-refractivity contribution in [1.82, 2.24) is 0 Å². The Balaban J connectivity index is 2.14. The highest BCUT2D eigenvalue weighted by Gasteiger charge is 2.27. The molecule has 0 amide bonds. The minimum absolute atomic E-state index is 0.0200. The van der Waals surface area contributed by atoms with E-state index < -0.39 is 13.6 Å². The summed E-state index contributed by atoms with van der Waals surface area (Å²) in [6.45, 7) is 0.647. The Labute approximate surface area is 149 Å². The number of hydrogen-bond acceptors (Lipinski definition) is 5. The predicted octanol–water partition coefficient (Wildman–Crippen LogP) is 3.70. The van der Waals surface area contributed by atoms with Crippen LogP contribution in [0.15, 0.2) is 30.3 Å². The first-order chi connectivity index (χ1) is 11.8. The first-order valence-corrected chi connectivity index (χ1v) is 9.53. The largest absolute Gasteiger partial charge is 0.524 e. The van der Waals surface area contributed by atoms with Gasteiger partial charge in [-0.15, -0.1) is 0 Å². The van der Waals surface area contributed by atoms with E-state index in [4.69, 9.17) is 21.4 Å². The van der Waals surface area contributed by atoms with Gasteiger partial charge in [-0.25, -0.2) is 4.57 Å². The molecule has 0 saturated carbocycles. The van der Waals surface area contributed by atoms with Crippen molar-refractivity contribution in [3.05, 3.63) is 40.9 Å². The first kappa shape index (κ1) is 17.9. The van der Waals surface area contributed by atoms with Crippen molar-refractivity contribution in [1.29, 1.82) is 0 Å². The fourth-order valence-electron chi connectivity index (χ4n) is 2.91. The van der Waals surface area contributed by atoms with Gasteiger partial charge in [-0.1, -0.05) is 11.6 Å². The van der Waals surface area contributed by atoms with Crippen molar-refractivity contribution in [2.24, 2.45) is 0 Å². The first-order valence-electron chi connectivity index (χ1n) is 7.62. The van der Waals surface area contributed by atoms with Crippen LogP contribution < -0.4 is 9.42 Å². The lowest BCUT2D eigenvalue weighted by Gasteiger charge is -2.26. The Kier molecular flexibility index (Phi) is 4.84. The van der Waals surface area contributed by atoms with Crippen LogP contribution in [0.1, 0.15) is 18.4 Å². The fourth-order valence-corrected chi connectivity index (χ4v) is 3.59. The van der Waals surface area contributed by atoms with Gasteiger partial charge >= 0.3 is 7.82 Å². The number of hydrogen-bond donors (Lipinski definition) is 4. The van der Waals surface area contributed by atoms with Crippen molar-refractivity contribution in [3.63, 3.8) is 0 Å². The molecule has 0 aromatic heterocycles. The van der Waals surface area contributed by atoms with E-state index in [0.29, 0.717) is 24.2 Å². The molecule has 0 unspecified atom stereocenters. The Hall–Kier alpha value is -1.92. The highest BCUT2D eigenvalue weighted by atomic mass is 35.5. The van der Waals surface area contributed by atoms with Gasteiger partial charge in [-0.3, -0.25) is 9.79 Å². The van der Waals surface area contributed by atoms with Crippen molar-refractivity contribution in [2.75, 3.05) is 11.4 Å². The van der Waals surface area contributed by atoms with Crippen molar-refractivity contribution < 1.29 is 29.1 Å². The molecule has 7 nitrogen and oxygen atoms in total. The van der Waals surface area contributed by atoms with Crippen molar-refractivity contribution in [2.45, 2.75) is 19.3 Å². The number of benzene rings is 2. The molecule has 0 saturated heterocycles. The third-order valence-electron chi connectivity index (χ3n) is 4.01. The van der Waals surface area contributed by atoms with Gasteiger partial charge in [0.25, 0.3) is 0 Å². The second-order valence-electron chi connectivity index (χ2n) is 5.74. The van der Waals surface area contributed by atoms with Crippen molar-refractivity contribution >= 4 is 30.8 Å². The lowest BCUT2D eigenvalue weighted by atomic mass is 10.1. The molecule has 0 atom stereocenters. The average molecular weight is 386 g/mol. The zero-order chi connectivity index (χ0) is 18.2. The van der Waals surface area contributed by atoms with Crippen molar-refractivity contribution in [3.8, 4) is 17.2 Å². The highest BCUT2D eigenvalue weighted by Crippen LogP contribution is 2.50. The third kappa shape index (κ3) is 3.85. The molecular weight excluding hydrogens is 369 g/mol. The zero-order valence-electron chi connectivity index (χ0n) is 13.1. The summed E-state index contributed by atoms with van der Waals surface area (Å²) in [4.78, 5) is 20.0. The van der Waals surface area contributed by atoms with Crippen LogP contribution in [0.3, 0.4) is 0 Å². The molecule has 1 aliphatic heterocycles. The number of aromatic hydroxyl groups is 2. The monoisotopic (exact) mass is 385 g/mol. The number of phenolic OH excluding ortho intramolecular Hbond substituents is 2.